The van der Waals surface area contributed by atoms with Crippen molar-refractivity contribution in [3.8, 4) is 0 Å². The summed E-state index contributed by atoms with van der Waals surface area (Å²) in [6, 6.07) is 6.62. The van der Waals surface area contributed by atoms with Crippen LogP contribution in [0.1, 0.15) is 29.6 Å². The van der Waals surface area contributed by atoms with Gasteiger partial charge in [0.15, 0.2) is 9.84 Å². The molecule has 1 amide bonds. The molecule has 0 aromatic heterocycles. The Morgan fingerprint density at radius 1 is 0.941 bits per heavy atom. The quantitative estimate of drug-likeness (QED) is 0.547. The Labute approximate surface area is 203 Å². The normalized spacial score (nSPS) is 24.1. The molecule has 0 atom stereocenters. The first-order chi connectivity index (χ1) is 15.5. The second-order valence-corrected chi connectivity index (χ2v) is 13.2. The lowest BCUT2D eigenvalue weighted by Crippen LogP contribution is -2.78. The lowest BCUT2D eigenvalue weighted by Gasteiger charge is -2.70. The highest BCUT2D eigenvalue weighted by molar-refractivity contribution is 7.92. The van der Waals surface area contributed by atoms with Gasteiger partial charge in [0, 0.05) is 11.8 Å². The molecule has 3 saturated carbocycles. The topological polar surface area (TPSA) is 109 Å². The molecular formula is C20H17Cl2F3N2O5S2. The van der Waals surface area contributed by atoms with Gasteiger partial charge in [0.2, 0.25) is 0 Å². The van der Waals surface area contributed by atoms with Crippen LogP contribution in [0.2, 0.25) is 10.0 Å². The second-order valence-electron chi connectivity index (χ2n) is 8.70. The number of alkyl halides is 3. The molecule has 3 aliphatic rings. The molecule has 2 aromatic rings. The summed E-state index contributed by atoms with van der Waals surface area (Å²) in [6.07, 6.45) is -4.12. The molecule has 2 N–H and O–H groups in total. The molecule has 0 aliphatic heterocycles. The summed E-state index contributed by atoms with van der Waals surface area (Å²) in [5.74, 6) is -0.806. The van der Waals surface area contributed by atoms with Crippen molar-refractivity contribution in [1.29, 1.82) is 0 Å². The van der Waals surface area contributed by atoms with Gasteiger partial charge in [-0.2, -0.15) is 13.2 Å². The van der Waals surface area contributed by atoms with Crippen LogP contribution in [-0.4, -0.2) is 40.7 Å². The van der Waals surface area contributed by atoms with Crippen LogP contribution < -0.4 is 10.0 Å². The Balaban J connectivity index is 1.58. The summed E-state index contributed by atoms with van der Waals surface area (Å²) in [5, 5.41) is 2.44. The van der Waals surface area contributed by atoms with Gasteiger partial charge in [0.05, 0.1) is 36.5 Å². The van der Waals surface area contributed by atoms with Crippen LogP contribution in [0.15, 0.2) is 46.2 Å². The summed E-state index contributed by atoms with van der Waals surface area (Å²) in [5.41, 5.74) is -3.25. The number of hydrogen-bond acceptors (Lipinski definition) is 5. The van der Waals surface area contributed by atoms with Crippen LogP contribution in [0.3, 0.4) is 0 Å². The third-order valence-corrected chi connectivity index (χ3v) is 9.35. The maximum absolute atomic E-state index is 13.1. The van der Waals surface area contributed by atoms with E-state index in [1.165, 1.54) is 0 Å². The number of anilines is 1. The SMILES string of the molecule is CS(=O)(=O)c1ccc(S(=O)(=O)Nc2cc(Cl)c(Cl)cc2C(=O)NC23CC(C(F)(F)F)(C2)C3)cc1. The van der Waals surface area contributed by atoms with Crippen LogP contribution in [0.4, 0.5) is 18.9 Å². The molecule has 2 aromatic carbocycles. The summed E-state index contributed by atoms with van der Waals surface area (Å²) < 4.78 is 90.4. The van der Waals surface area contributed by atoms with Crippen molar-refractivity contribution in [1.82, 2.24) is 5.32 Å². The predicted octanol–water partition coefficient (Wildman–Crippen LogP) is 4.41. The van der Waals surface area contributed by atoms with Crippen LogP contribution in [0.25, 0.3) is 0 Å². The number of hydrogen-bond donors (Lipinski definition) is 2. The van der Waals surface area contributed by atoms with Crippen LogP contribution in [0.5, 0.6) is 0 Å². The maximum atomic E-state index is 13.1. The van der Waals surface area contributed by atoms with E-state index in [1.54, 1.807) is 0 Å². The first kappa shape index (κ1) is 25.1. The fourth-order valence-corrected chi connectivity index (χ4v) is 6.45. The first-order valence-corrected chi connectivity index (χ1v) is 13.8. The summed E-state index contributed by atoms with van der Waals surface area (Å²) in [6.45, 7) is 0. The minimum absolute atomic E-state index is 0.0587. The Morgan fingerprint density at radius 3 is 1.94 bits per heavy atom. The zero-order chi connectivity index (χ0) is 25.3. The van der Waals surface area contributed by atoms with E-state index in [2.05, 4.69) is 10.0 Å². The van der Waals surface area contributed by atoms with Gasteiger partial charge in [-0.05, 0) is 55.7 Å². The number of halogens is 5. The van der Waals surface area contributed by atoms with E-state index in [4.69, 9.17) is 23.2 Å². The Morgan fingerprint density at radius 2 is 1.44 bits per heavy atom. The third kappa shape index (κ3) is 4.25. The lowest BCUT2D eigenvalue weighted by atomic mass is 9.39. The maximum Gasteiger partial charge on any atom is 0.394 e. The third-order valence-electron chi connectivity index (χ3n) is 6.12. The minimum atomic E-state index is -4.35. The Hall–Kier alpha value is -2.02. The van der Waals surface area contributed by atoms with Crippen molar-refractivity contribution in [3.05, 3.63) is 52.0 Å². The van der Waals surface area contributed by atoms with Crippen molar-refractivity contribution in [2.24, 2.45) is 5.41 Å². The van der Waals surface area contributed by atoms with E-state index in [-0.39, 0.29) is 50.3 Å². The van der Waals surface area contributed by atoms with Crippen LogP contribution >= 0.6 is 23.2 Å². The Bertz CT molecular complexity index is 1390. The number of sulfone groups is 1. The molecular weight excluding hydrogens is 540 g/mol. The first-order valence-electron chi connectivity index (χ1n) is 9.68. The van der Waals surface area contributed by atoms with Gasteiger partial charge in [-0.3, -0.25) is 9.52 Å². The van der Waals surface area contributed by atoms with E-state index in [0.29, 0.717) is 0 Å². The molecule has 14 heteroatoms. The molecule has 0 unspecified atom stereocenters. The van der Waals surface area contributed by atoms with Crippen molar-refractivity contribution in [3.63, 3.8) is 0 Å². The molecule has 34 heavy (non-hydrogen) atoms. The van der Waals surface area contributed by atoms with Crippen molar-refractivity contribution in [2.75, 3.05) is 11.0 Å². The largest absolute Gasteiger partial charge is 0.394 e. The highest BCUT2D eigenvalue weighted by atomic mass is 35.5. The molecule has 7 nitrogen and oxygen atoms in total. The van der Waals surface area contributed by atoms with Gasteiger partial charge in [-0.25, -0.2) is 16.8 Å². The number of nitrogens with one attached hydrogen (secondary N) is 2. The molecule has 184 valence electrons. The molecule has 3 aliphatic carbocycles. The van der Waals surface area contributed by atoms with E-state index in [9.17, 15) is 34.8 Å². The Kier molecular flexibility index (Phi) is 5.71. The van der Waals surface area contributed by atoms with Crippen molar-refractivity contribution >= 4 is 54.7 Å². The van der Waals surface area contributed by atoms with Gasteiger partial charge >= 0.3 is 6.18 Å². The number of carbonyl (C=O) groups is 1. The van der Waals surface area contributed by atoms with E-state index < -0.39 is 42.9 Å². The molecule has 0 radical (unpaired) electrons. The number of rotatable bonds is 6. The second kappa shape index (κ2) is 7.74. The fraction of sp³-hybridized carbons (Fsp3) is 0.350. The average molecular weight is 557 g/mol. The van der Waals surface area contributed by atoms with Crippen molar-refractivity contribution < 1.29 is 34.8 Å². The predicted molar refractivity (Wildman–Crippen MR) is 119 cm³/mol. The highest BCUT2D eigenvalue weighted by Crippen LogP contribution is 2.73. The summed E-state index contributed by atoms with van der Waals surface area (Å²) >= 11 is 12.0. The van der Waals surface area contributed by atoms with Crippen LogP contribution in [-0.2, 0) is 19.9 Å². The monoisotopic (exact) mass is 556 g/mol. The van der Waals surface area contributed by atoms with Crippen molar-refractivity contribution in [2.45, 2.75) is 40.8 Å². The standard InChI is InChI=1S/C20H17Cl2F3N2O5S2/c1-33(29,30)11-2-4-12(5-3-11)34(31,32)27-16-7-15(22)14(21)6-13(16)17(28)26-19-8-18(9-19,10-19)20(23,24)25/h2-7,27H,8-10H2,1H3,(H,26,28). The molecule has 0 heterocycles. The summed E-state index contributed by atoms with van der Waals surface area (Å²) in [7, 11) is -7.84. The number of benzene rings is 2. The fourth-order valence-electron chi connectivity index (χ4n) is 4.42. The van der Waals surface area contributed by atoms with Gasteiger partial charge in [-0.15, -0.1) is 0 Å². The molecule has 2 bridgehead atoms. The molecule has 3 fully saturated rings. The molecule has 0 spiro atoms. The highest BCUT2D eigenvalue weighted by Gasteiger charge is 2.79. The average Bonchev–Trinajstić information content (AvgIpc) is 2.64. The summed E-state index contributed by atoms with van der Waals surface area (Å²) in [4.78, 5) is 12.5. The number of sulfonamides is 1. The van der Waals surface area contributed by atoms with E-state index in [0.717, 1.165) is 42.7 Å². The lowest BCUT2D eigenvalue weighted by molar-refractivity contribution is -0.336. The van der Waals surface area contributed by atoms with Gasteiger partial charge < -0.3 is 5.32 Å². The zero-order valence-electron chi connectivity index (χ0n) is 17.3. The van der Waals surface area contributed by atoms with Crippen LogP contribution in [0, 0.1) is 5.41 Å². The molecule has 5 rings (SSSR count). The van der Waals surface area contributed by atoms with Gasteiger partial charge in [-0.1, -0.05) is 23.2 Å². The minimum Gasteiger partial charge on any atom is -0.346 e. The van der Waals surface area contributed by atoms with Gasteiger partial charge in [0.1, 0.15) is 0 Å². The van der Waals surface area contributed by atoms with E-state index in [1.807, 2.05) is 0 Å². The number of carbonyl (C=O) groups excluding carboxylic acids is 1. The molecule has 0 saturated heterocycles. The van der Waals surface area contributed by atoms with E-state index >= 15 is 0 Å². The smallest absolute Gasteiger partial charge is 0.346 e. The van der Waals surface area contributed by atoms with Gasteiger partial charge in [0.25, 0.3) is 15.9 Å². The number of amides is 1. The zero-order valence-corrected chi connectivity index (χ0v) is 20.5.